The van der Waals surface area contributed by atoms with Gasteiger partial charge in [-0.3, -0.25) is 4.79 Å². The van der Waals surface area contributed by atoms with Gasteiger partial charge in [0.25, 0.3) is 5.89 Å². The number of hydrogen-bond acceptors (Lipinski definition) is 5. The number of aliphatic carboxylic acids is 1. The van der Waals surface area contributed by atoms with Crippen LogP contribution in [0.3, 0.4) is 0 Å². The summed E-state index contributed by atoms with van der Waals surface area (Å²) in [6.45, 7) is 0. The number of thiophene rings is 1. The van der Waals surface area contributed by atoms with Gasteiger partial charge in [0.15, 0.2) is 5.82 Å². The molecule has 0 amide bonds. The number of hydrogen-bond donors (Lipinski definition) is 1. The number of carbonyl (C=O) groups is 1. The van der Waals surface area contributed by atoms with E-state index in [9.17, 15) is 4.79 Å². The Morgan fingerprint density at radius 2 is 2.38 bits per heavy atom. The second kappa shape index (κ2) is 4.75. The molecule has 0 bridgehead atoms. The highest BCUT2D eigenvalue weighted by Crippen LogP contribution is 2.29. The molecule has 84 valence electrons. The topological polar surface area (TPSA) is 76.2 Å². The number of halogens is 1. The summed E-state index contributed by atoms with van der Waals surface area (Å²) in [4.78, 5) is 15.3. The van der Waals surface area contributed by atoms with E-state index in [4.69, 9.17) is 9.63 Å². The second-order valence-corrected chi connectivity index (χ2v) is 5.48. The minimum absolute atomic E-state index is 0.00705. The molecule has 0 saturated carbocycles. The predicted octanol–water partition coefficient (Wildman–Crippen LogP) is 2.58. The Labute approximate surface area is 103 Å². The molecule has 5 nitrogen and oxygen atoms in total. The van der Waals surface area contributed by atoms with Gasteiger partial charge >= 0.3 is 5.97 Å². The second-order valence-electron chi connectivity index (χ2n) is 3.01. The molecule has 0 unspecified atom stereocenters. The average Bonchev–Trinajstić information content (AvgIpc) is 2.83. The van der Waals surface area contributed by atoms with Crippen molar-refractivity contribution in [1.82, 2.24) is 10.1 Å². The maximum absolute atomic E-state index is 10.4. The molecule has 0 aromatic carbocycles. The lowest BCUT2D eigenvalue weighted by Crippen LogP contribution is -1.98. The van der Waals surface area contributed by atoms with Crippen molar-refractivity contribution in [2.24, 2.45) is 0 Å². The zero-order valence-corrected chi connectivity index (χ0v) is 10.4. The minimum atomic E-state index is -0.870. The summed E-state index contributed by atoms with van der Waals surface area (Å²) in [5, 5.41) is 12.2. The number of nitrogens with zero attached hydrogens (tertiary/aromatic N) is 2. The molecule has 16 heavy (non-hydrogen) atoms. The van der Waals surface area contributed by atoms with Crippen molar-refractivity contribution in [3.63, 3.8) is 0 Å². The van der Waals surface area contributed by atoms with Gasteiger partial charge in [0, 0.05) is 6.42 Å². The molecule has 0 atom stereocenters. The predicted molar refractivity (Wildman–Crippen MR) is 61.3 cm³/mol. The van der Waals surface area contributed by atoms with Gasteiger partial charge in [0.2, 0.25) is 0 Å². The molecule has 2 heterocycles. The van der Waals surface area contributed by atoms with Crippen LogP contribution in [0.2, 0.25) is 0 Å². The van der Waals surface area contributed by atoms with E-state index < -0.39 is 5.97 Å². The molecule has 1 N–H and O–H groups in total. The fourth-order valence-corrected chi connectivity index (χ4v) is 2.41. The third kappa shape index (κ3) is 2.67. The van der Waals surface area contributed by atoms with Crippen molar-refractivity contribution < 1.29 is 14.4 Å². The van der Waals surface area contributed by atoms with E-state index in [0.717, 1.165) is 8.66 Å². The minimum Gasteiger partial charge on any atom is -0.481 e. The van der Waals surface area contributed by atoms with E-state index >= 15 is 0 Å². The lowest BCUT2D eigenvalue weighted by molar-refractivity contribution is -0.137. The van der Waals surface area contributed by atoms with E-state index in [0.29, 0.717) is 11.7 Å². The van der Waals surface area contributed by atoms with Crippen molar-refractivity contribution >= 4 is 33.2 Å². The standard InChI is InChI=1S/C9H7BrN2O3S/c10-6-2-1-5(16-6)9-11-7(12-15-9)3-4-8(13)14/h1-2H,3-4H2,(H,13,14). The van der Waals surface area contributed by atoms with E-state index in [2.05, 4.69) is 26.1 Å². The van der Waals surface area contributed by atoms with Gasteiger partial charge in [-0.15, -0.1) is 11.3 Å². The van der Waals surface area contributed by atoms with Gasteiger partial charge in [-0.05, 0) is 28.1 Å². The molecule has 7 heteroatoms. The summed E-state index contributed by atoms with van der Waals surface area (Å²) in [6.07, 6.45) is 0.290. The van der Waals surface area contributed by atoms with Crippen LogP contribution in [0.1, 0.15) is 12.2 Å². The highest BCUT2D eigenvalue weighted by molar-refractivity contribution is 9.11. The quantitative estimate of drug-likeness (QED) is 0.939. The summed E-state index contributed by atoms with van der Waals surface area (Å²) >= 11 is 4.82. The first-order chi connectivity index (χ1) is 7.65. The van der Waals surface area contributed by atoms with Gasteiger partial charge in [0.1, 0.15) is 0 Å². The van der Waals surface area contributed by atoms with Crippen molar-refractivity contribution in [1.29, 1.82) is 0 Å². The van der Waals surface area contributed by atoms with E-state index in [1.165, 1.54) is 11.3 Å². The molecule has 0 radical (unpaired) electrons. The molecule has 0 saturated heterocycles. The highest BCUT2D eigenvalue weighted by Gasteiger charge is 2.11. The van der Waals surface area contributed by atoms with Crippen LogP contribution in [0, 0.1) is 0 Å². The Bertz CT molecular complexity index is 508. The van der Waals surface area contributed by atoms with Gasteiger partial charge in [-0.1, -0.05) is 5.16 Å². The molecule has 0 aliphatic carbocycles. The van der Waals surface area contributed by atoms with Gasteiger partial charge in [0.05, 0.1) is 15.1 Å². The van der Waals surface area contributed by atoms with Crippen LogP contribution < -0.4 is 0 Å². The van der Waals surface area contributed by atoms with Crippen LogP contribution in [0.5, 0.6) is 0 Å². The largest absolute Gasteiger partial charge is 0.481 e. The van der Waals surface area contributed by atoms with Crippen LogP contribution in [0.15, 0.2) is 20.4 Å². The Morgan fingerprint density at radius 1 is 1.56 bits per heavy atom. The Balaban J connectivity index is 2.10. The van der Waals surface area contributed by atoms with Crippen LogP contribution >= 0.6 is 27.3 Å². The summed E-state index contributed by atoms with van der Waals surface area (Å²) in [5.41, 5.74) is 0. The molecule has 0 spiro atoms. The number of rotatable bonds is 4. The summed E-state index contributed by atoms with van der Waals surface area (Å²) in [6, 6.07) is 3.75. The molecule has 0 fully saturated rings. The van der Waals surface area contributed by atoms with E-state index in [1.54, 1.807) is 0 Å². The smallest absolute Gasteiger partial charge is 0.303 e. The number of aryl methyl sites for hydroxylation is 1. The Morgan fingerprint density at radius 3 is 3.00 bits per heavy atom. The number of carboxylic acid groups (broad SMARTS) is 1. The monoisotopic (exact) mass is 302 g/mol. The Hall–Kier alpha value is -1.21. The molecule has 2 aromatic rings. The van der Waals surface area contributed by atoms with Crippen molar-refractivity contribution in [2.45, 2.75) is 12.8 Å². The molecule has 2 aromatic heterocycles. The number of carboxylic acids is 1. The summed E-state index contributed by atoms with van der Waals surface area (Å²) in [5.74, 6) is -0.0248. The van der Waals surface area contributed by atoms with Gasteiger partial charge in [-0.2, -0.15) is 4.98 Å². The van der Waals surface area contributed by atoms with Crippen LogP contribution in [-0.2, 0) is 11.2 Å². The van der Waals surface area contributed by atoms with Crippen molar-refractivity contribution in [3.05, 3.63) is 21.7 Å². The van der Waals surface area contributed by atoms with E-state index in [-0.39, 0.29) is 12.8 Å². The van der Waals surface area contributed by atoms with Crippen molar-refractivity contribution in [2.75, 3.05) is 0 Å². The zero-order valence-electron chi connectivity index (χ0n) is 8.01. The fourth-order valence-electron chi connectivity index (χ4n) is 1.10. The third-order valence-corrected chi connectivity index (χ3v) is 3.43. The third-order valence-electron chi connectivity index (χ3n) is 1.81. The van der Waals surface area contributed by atoms with Gasteiger partial charge < -0.3 is 9.63 Å². The first kappa shape index (κ1) is 11.3. The normalized spacial score (nSPS) is 10.6. The van der Waals surface area contributed by atoms with Crippen LogP contribution in [0.25, 0.3) is 10.8 Å². The van der Waals surface area contributed by atoms with Crippen LogP contribution in [0.4, 0.5) is 0 Å². The molecular weight excluding hydrogens is 296 g/mol. The first-order valence-electron chi connectivity index (χ1n) is 4.45. The molecule has 0 aliphatic heterocycles. The first-order valence-corrected chi connectivity index (χ1v) is 6.06. The SMILES string of the molecule is O=C(O)CCc1noc(-c2ccc(Br)s2)n1. The molecule has 0 aliphatic rings. The fraction of sp³-hybridized carbons (Fsp3) is 0.222. The lowest BCUT2D eigenvalue weighted by Gasteiger charge is -1.87. The average molecular weight is 303 g/mol. The zero-order chi connectivity index (χ0) is 11.5. The van der Waals surface area contributed by atoms with E-state index in [1.807, 2.05) is 12.1 Å². The molecule has 2 rings (SSSR count). The van der Waals surface area contributed by atoms with Crippen LogP contribution in [-0.4, -0.2) is 21.2 Å². The van der Waals surface area contributed by atoms with Crippen molar-refractivity contribution in [3.8, 4) is 10.8 Å². The molecular formula is C9H7BrN2O3S. The highest BCUT2D eigenvalue weighted by atomic mass is 79.9. The maximum Gasteiger partial charge on any atom is 0.303 e. The Kier molecular flexibility index (Phi) is 3.35. The summed E-state index contributed by atoms with van der Waals surface area (Å²) < 4.78 is 6.01. The number of aromatic nitrogens is 2. The lowest BCUT2D eigenvalue weighted by atomic mass is 10.3. The van der Waals surface area contributed by atoms with Gasteiger partial charge in [-0.25, -0.2) is 0 Å². The summed E-state index contributed by atoms with van der Waals surface area (Å²) in [7, 11) is 0. The maximum atomic E-state index is 10.4.